The highest BCUT2D eigenvalue weighted by atomic mass is 19.3. The van der Waals surface area contributed by atoms with E-state index in [4.69, 9.17) is 9.47 Å². The van der Waals surface area contributed by atoms with Crippen LogP contribution in [-0.2, 0) is 14.3 Å². The molecule has 0 aromatic carbocycles. The minimum absolute atomic E-state index is 0.332. The van der Waals surface area contributed by atoms with Gasteiger partial charge in [-0.3, -0.25) is 9.36 Å². The summed E-state index contributed by atoms with van der Waals surface area (Å²) < 4.78 is 39.8. The predicted octanol–water partition coefficient (Wildman–Crippen LogP) is 3.81. The fourth-order valence-electron chi connectivity index (χ4n) is 3.40. The molecule has 1 aliphatic heterocycles. The van der Waals surface area contributed by atoms with Crippen LogP contribution in [-0.4, -0.2) is 40.7 Å². The lowest BCUT2D eigenvalue weighted by Gasteiger charge is -2.20. The van der Waals surface area contributed by atoms with Crippen molar-refractivity contribution in [3.05, 3.63) is 29.2 Å². The van der Waals surface area contributed by atoms with Crippen molar-refractivity contribution in [1.29, 1.82) is 0 Å². The van der Waals surface area contributed by atoms with Gasteiger partial charge in [0.05, 0.1) is 12.3 Å². The molecule has 30 heavy (non-hydrogen) atoms. The number of rotatable bonds is 11. The number of nitrogens with zero attached hydrogens (tertiary/aromatic N) is 2. The summed E-state index contributed by atoms with van der Waals surface area (Å²) in [6, 6.07) is 1.49. The first kappa shape index (κ1) is 24.2. The Morgan fingerprint density at radius 2 is 2.00 bits per heavy atom. The van der Waals surface area contributed by atoms with Gasteiger partial charge in [0.25, 0.3) is 5.92 Å². The first-order valence-electron chi connectivity index (χ1n) is 10.6. The van der Waals surface area contributed by atoms with Crippen LogP contribution in [0.25, 0.3) is 0 Å². The average Bonchev–Trinajstić information content (AvgIpc) is 2.98. The lowest BCUT2D eigenvalue weighted by atomic mass is 9.98. The zero-order valence-corrected chi connectivity index (χ0v) is 18.1. The number of esters is 1. The van der Waals surface area contributed by atoms with Crippen molar-refractivity contribution in [2.45, 2.75) is 71.6 Å². The summed E-state index contributed by atoms with van der Waals surface area (Å²) in [6.07, 6.45) is 3.24. The van der Waals surface area contributed by atoms with Crippen LogP contribution >= 0.6 is 0 Å². The molecular formula is C21H32F2N3O4. The van der Waals surface area contributed by atoms with Gasteiger partial charge in [0, 0.05) is 12.7 Å². The minimum Gasteiger partial charge on any atom is -0.463 e. The summed E-state index contributed by atoms with van der Waals surface area (Å²) in [5, 5.41) is 3.13. The third-order valence-corrected chi connectivity index (χ3v) is 4.95. The predicted molar refractivity (Wildman–Crippen MR) is 109 cm³/mol. The summed E-state index contributed by atoms with van der Waals surface area (Å²) in [5.74, 6) is -3.46. The molecule has 0 amide bonds. The molecule has 2 rings (SSSR count). The van der Waals surface area contributed by atoms with E-state index in [2.05, 4.69) is 24.1 Å². The van der Waals surface area contributed by atoms with Crippen LogP contribution in [0, 0.1) is 18.3 Å². The summed E-state index contributed by atoms with van der Waals surface area (Å²) in [4.78, 5) is 27.8. The SMILES string of the molecule is CCCC(CCC)CNc1ccn([C@@H]2O[C@@H](COC(=O)C(C)C)[CH]C2(F)F)c(=O)n1. The lowest BCUT2D eigenvalue weighted by molar-refractivity contribution is -0.154. The molecule has 1 saturated heterocycles. The summed E-state index contributed by atoms with van der Waals surface area (Å²) in [7, 11) is 0. The Morgan fingerprint density at radius 3 is 2.57 bits per heavy atom. The molecule has 1 fully saturated rings. The van der Waals surface area contributed by atoms with Gasteiger partial charge in [-0.05, 0) is 24.8 Å². The molecule has 2 heterocycles. The van der Waals surface area contributed by atoms with Gasteiger partial charge in [0.2, 0.25) is 6.23 Å². The van der Waals surface area contributed by atoms with E-state index in [1.807, 2.05) is 0 Å². The van der Waals surface area contributed by atoms with E-state index < -0.39 is 29.9 Å². The van der Waals surface area contributed by atoms with E-state index in [1.54, 1.807) is 13.8 Å². The maximum Gasteiger partial charge on any atom is 0.351 e. The van der Waals surface area contributed by atoms with Crippen LogP contribution in [0.15, 0.2) is 17.1 Å². The normalized spacial score (nSPS) is 20.7. The number of nitrogens with one attached hydrogen (secondary N) is 1. The molecule has 0 unspecified atom stereocenters. The molecule has 1 radical (unpaired) electrons. The van der Waals surface area contributed by atoms with Crippen LogP contribution in [0.5, 0.6) is 0 Å². The number of carbonyl (C=O) groups is 1. The maximum atomic E-state index is 14.4. The van der Waals surface area contributed by atoms with Crippen molar-refractivity contribution in [1.82, 2.24) is 9.55 Å². The Balaban J connectivity index is 2.03. The molecule has 2 atom stereocenters. The van der Waals surface area contributed by atoms with Crippen molar-refractivity contribution in [2.75, 3.05) is 18.5 Å². The number of alkyl halides is 2. The summed E-state index contributed by atoms with van der Waals surface area (Å²) in [6.45, 7) is 7.88. The highest BCUT2D eigenvalue weighted by Gasteiger charge is 2.52. The molecule has 1 aromatic rings. The summed E-state index contributed by atoms with van der Waals surface area (Å²) >= 11 is 0. The minimum atomic E-state index is -3.40. The van der Waals surface area contributed by atoms with Gasteiger partial charge in [-0.15, -0.1) is 0 Å². The zero-order valence-electron chi connectivity index (χ0n) is 18.1. The monoisotopic (exact) mass is 428 g/mol. The molecule has 1 aliphatic rings. The van der Waals surface area contributed by atoms with Gasteiger partial charge in [-0.1, -0.05) is 40.5 Å². The molecule has 7 nitrogen and oxygen atoms in total. The Bertz CT molecular complexity index is 748. The molecule has 0 bridgehead atoms. The molecule has 0 saturated carbocycles. The number of hydrogen-bond acceptors (Lipinski definition) is 6. The van der Waals surface area contributed by atoms with Crippen molar-refractivity contribution in [3.63, 3.8) is 0 Å². The second-order valence-corrected chi connectivity index (χ2v) is 7.98. The number of anilines is 1. The third-order valence-electron chi connectivity index (χ3n) is 4.95. The van der Waals surface area contributed by atoms with Crippen LogP contribution in [0.1, 0.15) is 59.6 Å². The van der Waals surface area contributed by atoms with Gasteiger partial charge >= 0.3 is 11.7 Å². The standard InChI is InChI=1S/C21H32F2N3O4/c1-5-7-15(8-6-2)12-24-17-9-10-26(20(28)25-17)19-21(22,23)11-16(30-19)13-29-18(27)14(3)4/h9-11,14-16,19H,5-8,12-13H2,1-4H3,(H,24,25,28)/t16-,19-/m1/s1. The quantitative estimate of drug-likeness (QED) is 0.540. The lowest BCUT2D eigenvalue weighted by Crippen LogP contribution is -2.35. The van der Waals surface area contributed by atoms with Crippen molar-refractivity contribution in [2.24, 2.45) is 11.8 Å². The first-order chi connectivity index (χ1) is 14.2. The van der Waals surface area contributed by atoms with Gasteiger partial charge < -0.3 is 14.8 Å². The second kappa shape index (κ2) is 10.8. The van der Waals surface area contributed by atoms with Gasteiger partial charge in [0.1, 0.15) is 18.5 Å². The largest absolute Gasteiger partial charge is 0.463 e. The van der Waals surface area contributed by atoms with Crippen LogP contribution in [0.2, 0.25) is 0 Å². The second-order valence-electron chi connectivity index (χ2n) is 7.98. The highest BCUT2D eigenvalue weighted by molar-refractivity contribution is 5.71. The fraction of sp³-hybridized carbons (Fsp3) is 0.714. The van der Waals surface area contributed by atoms with Crippen molar-refractivity contribution in [3.8, 4) is 0 Å². The van der Waals surface area contributed by atoms with E-state index in [0.29, 0.717) is 24.7 Å². The third kappa shape index (κ3) is 6.48. The number of carbonyl (C=O) groups excluding carboxylic acids is 1. The Labute approximate surface area is 176 Å². The Kier molecular flexibility index (Phi) is 8.76. The van der Waals surface area contributed by atoms with Gasteiger partial charge in [0.15, 0.2) is 0 Å². The number of hydrogen-bond donors (Lipinski definition) is 1. The van der Waals surface area contributed by atoms with Crippen molar-refractivity contribution >= 4 is 11.8 Å². The van der Waals surface area contributed by atoms with E-state index in [9.17, 15) is 18.4 Å². The first-order valence-corrected chi connectivity index (χ1v) is 10.6. The maximum absolute atomic E-state index is 14.4. The van der Waals surface area contributed by atoms with E-state index in [0.717, 1.165) is 30.3 Å². The van der Waals surface area contributed by atoms with Gasteiger partial charge in [-0.25, -0.2) is 13.6 Å². The van der Waals surface area contributed by atoms with Crippen LogP contribution < -0.4 is 11.0 Å². The molecule has 1 N–H and O–H groups in total. The number of aromatic nitrogens is 2. The number of halogens is 2. The smallest absolute Gasteiger partial charge is 0.351 e. The topological polar surface area (TPSA) is 82.5 Å². The molecule has 0 spiro atoms. The van der Waals surface area contributed by atoms with E-state index in [-0.39, 0.29) is 12.5 Å². The van der Waals surface area contributed by atoms with Crippen LogP contribution in [0.3, 0.4) is 0 Å². The number of ether oxygens (including phenoxy) is 2. The molecule has 9 heteroatoms. The average molecular weight is 429 g/mol. The Morgan fingerprint density at radius 1 is 1.33 bits per heavy atom. The molecule has 1 aromatic heterocycles. The molecule has 0 aliphatic carbocycles. The van der Waals surface area contributed by atoms with Crippen LogP contribution in [0.4, 0.5) is 14.6 Å². The van der Waals surface area contributed by atoms with Crippen molar-refractivity contribution < 1.29 is 23.0 Å². The molecular weight excluding hydrogens is 396 g/mol. The zero-order chi connectivity index (χ0) is 22.3. The van der Waals surface area contributed by atoms with E-state index >= 15 is 0 Å². The molecule has 169 valence electrons. The van der Waals surface area contributed by atoms with E-state index in [1.165, 1.54) is 12.3 Å². The fourth-order valence-corrected chi connectivity index (χ4v) is 3.40. The summed E-state index contributed by atoms with van der Waals surface area (Å²) in [5.41, 5.74) is -0.833. The van der Waals surface area contributed by atoms with Gasteiger partial charge in [-0.2, -0.15) is 4.98 Å². The highest BCUT2D eigenvalue weighted by Crippen LogP contribution is 2.41. The Hall–Kier alpha value is -2.03.